The molecule has 0 aromatic heterocycles. The van der Waals surface area contributed by atoms with Gasteiger partial charge < -0.3 is 5.11 Å². The molecule has 0 atom stereocenters. The molecule has 0 unspecified atom stereocenters. The lowest BCUT2D eigenvalue weighted by Crippen LogP contribution is -1.95. The third-order valence-electron chi connectivity index (χ3n) is 1.62. The van der Waals surface area contributed by atoms with Gasteiger partial charge in [0.25, 0.3) is 0 Å². The first-order chi connectivity index (χ1) is 4.86. The fraction of sp³-hybridized carbons (Fsp3) is 0.375. The summed E-state index contributed by atoms with van der Waals surface area (Å²) < 4.78 is 0. The van der Waals surface area contributed by atoms with Crippen molar-refractivity contribution in [2.24, 2.45) is 0 Å². The average Bonchev–Trinajstić information content (AvgIpc) is 2.05. The molecule has 2 heteroatoms. The third kappa shape index (κ3) is 1.47. The Balaban J connectivity index is 2.75. The van der Waals surface area contributed by atoms with Crippen LogP contribution in [0.25, 0.3) is 0 Å². The maximum Gasteiger partial charge on any atom is 0.146 e. The van der Waals surface area contributed by atoms with Crippen LogP contribution in [0.2, 0.25) is 0 Å². The zero-order valence-electron chi connectivity index (χ0n) is 5.71. The highest BCUT2D eigenvalue weighted by Crippen LogP contribution is 2.19. The maximum absolute atomic E-state index is 10.2. The van der Waals surface area contributed by atoms with Crippen LogP contribution in [0.15, 0.2) is 23.5 Å². The van der Waals surface area contributed by atoms with Crippen molar-refractivity contribution in [2.45, 2.75) is 19.3 Å². The van der Waals surface area contributed by atoms with Crippen LogP contribution in [0.1, 0.15) is 19.3 Å². The van der Waals surface area contributed by atoms with Gasteiger partial charge in [-0.1, -0.05) is 0 Å². The number of hydrogen-bond donors (Lipinski definition) is 1. The fourth-order valence-electron chi connectivity index (χ4n) is 1.07. The Morgan fingerprint density at radius 2 is 2.30 bits per heavy atom. The van der Waals surface area contributed by atoms with Gasteiger partial charge in [-0.05, 0) is 36.5 Å². The molecule has 0 bridgehead atoms. The van der Waals surface area contributed by atoms with Crippen molar-refractivity contribution >= 4 is 6.29 Å². The van der Waals surface area contributed by atoms with Crippen LogP contribution in [0, 0.1) is 0 Å². The van der Waals surface area contributed by atoms with Crippen LogP contribution in [-0.4, -0.2) is 11.4 Å². The van der Waals surface area contributed by atoms with E-state index >= 15 is 0 Å². The van der Waals surface area contributed by atoms with Crippen LogP contribution in [0.3, 0.4) is 0 Å². The zero-order valence-corrected chi connectivity index (χ0v) is 5.71. The van der Waals surface area contributed by atoms with E-state index in [0.717, 1.165) is 43.0 Å². The molecule has 0 saturated heterocycles. The number of carbonyl (C=O) groups is 1. The predicted molar refractivity (Wildman–Crippen MR) is 38.7 cm³/mol. The molecule has 0 spiro atoms. The van der Waals surface area contributed by atoms with Crippen molar-refractivity contribution in [2.75, 3.05) is 0 Å². The lowest BCUT2D eigenvalue weighted by Gasteiger charge is -2.08. The van der Waals surface area contributed by atoms with E-state index < -0.39 is 0 Å². The number of carbonyl (C=O) groups excluding carboxylic acids is 1. The van der Waals surface area contributed by atoms with E-state index in [0.29, 0.717) is 0 Å². The molecule has 1 N–H and O–H groups in total. The van der Waals surface area contributed by atoms with Gasteiger partial charge in [0.05, 0.1) is 6.26 Å². The van der Waals surface area contributed by atoms with Crippen LogP contribution >= 0.6 is 0 Å². The number of aliphatic hydroxyl groups is 1. The minimum atomic E-state index is 0.784. The second-order valence-corrected chi connectivity index (χ2v) is 2.39. The molecular weight excluding hydrogens is 128 g/mol. The lowest BCUT2D eigenvalue weighted by molar-refractivity contribution is -0.105. The largest absolute Gasteiger partial charge is 0.515 e. The zero-order chi connectivity index (χ0) is 7.40. The summed E-state index contributed by atoms with van der Waals surface area (Å²) in [4.78, 5) is 10.2. The summed E-state index contributed by atoms with van der Waals surface area (Å²) in [6, 6.07) is 0. The number of hydrogen-bond acceptors (Lipinski definition) is 2. The van der Waals surface area contributed by atoms with E-state index in [4.69, 9.17) is 5.11 Å². The summed E-state index contributed by atoms with van der Waals surface area (Å²) in [7, 11) is 0. The normalized spacial score (nSPS) is 22.4. The second kappa shape index (κ2) is 3.20. The summed E-state index contributed by atoms with van der Waals surface area (Å²) in [5, 5.41) is 8.58. The molecular formula is C8H10O2. The Kier molecular flexibility index (Phi) is 2.26. The molecule has 1 aliphatic rings. The van der Waals surface area contributed by atoms with Crippen molar-refractivity contribution in [1.29, 1.82) is 0 Å². The van der Waals surface area contributed by atoms with E-state index in [9.17, 15) is 4.79 Å². The van der Waals surface area contributed by atoms with E-state index in [-0.39, 0.29) is 0 Å². The van der Waals surface area contributed by atoms with Crippen molar-refractivity contribution in [1.82, 2.24) is 0 Å². The third-order valence-corrected chi connectivity index (χ3v) is 1.62. The van der Waals surface area contributed by atoms with Crippen LogP contribution < -0.4 is 0 Å². The maximum atomic E-state index is 10.2. The smallest absolute Gasteiger partial charge is 0.146 e. The van der Waals surface area contributed by atoms with Gasteiger partial charge >= 0.3 is 0 Å². The summed E-state index contributed by atoms with van der Waals surface area (Å²) in [6.07, 6.45) is 6.37. The minimum absolute atomic E-state index is 0.784. The van der Waals surface area contributed by atoms with Gasteiger partial charge in [0.2, 0.25) is 0 Å². The summed E-state index contributed by atoms with van der Waals surface area (Å²) in [6.45, 7) is 0. The summed E-state index contributed by atoms with van der Waals surface area (Å²) in [5.74, 6) is 0. The summed E-state index contributed by atoms with van der Waals surface area (Å²) in [5.41, 5.74) is 1.64. The highest BCUT2D eigenvalue weighted by molar-refractivity contribution is 5.74. The number of aliphatic hydroxyl groups excluding tert-OH is 1. The standard InChI is InChI=1S/C8H10O2/c9-5-7-2-1-3-8(4-7)6-10/h4-6,9H,1-3H2/b7-5+. The highest BCUT2D eigenvalue weighted by Gasteiger charge is 2.05. The molecule has 1 aliphatic carbocycles. The van der Waals surface area contributed by atoms with E-state index in [1.54, 1.807) is 6.08 Å². The quantitative estimate of drug-likeness (QED) is 0.442. The van der Waals surface area contributed by atoms with Gasteiger partial charge in [0, 0.05) is 0 Å². The SMILES string of the molecule is O=CC1=C/C(=C/O)CCC1. The van der Waals surface area contributed by atoms with Crippen molar-refractivity contribution in [3.8, 4) is 0 Å². The Morgan fingerprint density at radius 1 is 1.50 bits per heavy atom. The van der Waals surface area contributed by atoms with Crippen molar-refractivity contribution < 1.29 is 9.90 Å². The van der Waals surface area contributed by atoms with E-state index in [1.165, 1.54) is 0 Å². The van der Waals surface area contributed by atoms with Gasteiger partial charge in [-0.15, -0.1) is 0 Å². The molecule has 0 amide bonds. The van der Waals surface area contributed by atoms with Gasteiger partial charge in [0.15, 0.2) is 0 Å². The first-order valence-corrected chi connectivity index (χ1v) is 3.36. The molecule has 0 aliphatic heterocycles. The molecule has 1 rings (SSSR count). The Bertz CT molecular complexity index is 189. The second-order valence-electron chi connectivity index (χ2n) is 2.39. The average molecular weight is 138 g/mol. The molecule has 0 aromatic carbocycles. The van der Waals surface area contributed by atoms with Crippen LogP contribution in [-0.2, 0) is 4.79 Å². The van der Waals surface area contributed by atoms with Gasteiger partial charge in [-0.2, -0.15) is 0 Å². The van der Waals surface area contributed by atoms with Gasteiger partial charge in [0.1, 0.15) is 6.29 Å². The lowest BCUT2D eigenvalue weighted by atomic mass is 9.97. The van der Waals surface area contributed by atoms with Crippen molar-refractivity contribution in [3.05, 3.63) is 23.5 Å². The van der Waals surface area contributed by atoms with Crippen molar-refractivity contribution in [3.63, 3.8) is 0 Å². The molecule has 0 heterocycles. The first-order valence-electron chi connectivity index (χ1n) is 3.36. The van der Waals surface area contributed by atoms with Crippen LogP contribution in [0.5, 0.6) is 0 Å². The van der Waals surface area contributed by atoms with Gasteiger partial charge in [-0.3, -0.25) is 4.79 Å². The minimum Gasteiger partial charge on any atom is -0.515 e. The fourth-order valence-corrected chi connectivity index (χ4v) is 1.07. The number of rotatable bonds is 1. The Hall–Kier alpha value is -1.05. The predicted octanol–water partition coefficient (Wildman–Crippen LogP) is 1.74. The van der Waals surface area contributed by atoms with E-state index in [2.05, 4.69) is 0 Å². The highest BCUT2D eigenvalue weighted by atomic mass is 16.2. The molecule has 0 fully saturated rings. The van der Waals surface area contributed by atoms with E-state index in [1.807, 2.05) is 0 Å². The molecule has 54 valence electrons. The molecule has 2 nitrogen and oxygen atoms in total. The summed E-state index contributed by atoms with van der Waals surface area (Å²) >= 11 is 0. The molecule has 0 aromatic rings. The monoisotopic (exact) mass is 138 g/mol. The Labute approximate surface area is 59.9 Å². The Morgan fingerprint density at radius 3 is 2.90 bits per heavy atom. The van der Waals surface area contributed by atoms with Gasteiger partial charge in [-0.25, -0.2) is 0 Å². The number of aldehydes is 1. The topological polar surface area (TPSA) is 37.3 Å². The van der Waals surface area contributed by atoms with Crippen LogP contribution in [0.4, 0.5) is 0 Å². The molecule has 10 heavy (non-hydrogen) atoms. The molecule has 0 radical (unpaired) electrons. The number of allylic oxidation sites excluding steroid dienone is 3. The molecule has 0 saturated carbocycles. The first kappa shape index (κ1) is 7.06.